The van der Waals surface area contributed by atoms with E-state index in [1.54, 1.807) is 0 Å². The number of nitrogens with two attached hydrogens (primary N) is 1. The van der Waals surface area contributed by atoms with Crippen LogP contribution in [0.5, 0.6) is 0 Å². The molecule has 4 nitrogen and oxygen atoms in total. The molecule has 0 aromatic rings. The first-order valence-corrected chi connectivity index (χ1v) is 5.51. The molecule has 2 rings (SSSR count). The first kappa shape index (κ1) is 9.93. The summed E-state index contributed by atoms with van der Waals surface area (Å²) >= 11 is 0. The lowest BCUT2D eigenvalue weighted by molar-refractivity contribution is -0.138. The molecule has 2 fully saturated rings. The van der Waals surface area contributed by atoms with Crippen LogP contribution < -0.4 is 11.1 Å². The molecule has 1 heterocycles. The highest BCUT2D eigenvalue weighted by Gasteiger charge is 2.38. The summed E-state index contributed by atoms with van der Waals surface area (Å²) in [6.07, 6.45) is 2.23. The van der Waals surface area contributed by atoms with E-state index in [0.717, 1.165) is 39.0 Å². The molecule has 1 saturated heterocycles. The van der Waals surface area contributed by atoms with E-state index < -0.39 is 0 Å². The number of hydrogen-bond donors (Lipinski definition) is 2. The fourth-order valence-corrected chi connectivity index (χ4v) is 1.88. The number of carbonyl (C=O) groups is 1. The molecular weight excluding hydrogens is 178 g/mol. The summed E-state index contributed by atoms with van der Waals surface area (Å²) < 4.78 is 0. The van der Waals surface area contributed by atoms with E-state index in [2.05, 4.69) is 5.32 Å². The summed E-state index contributed by atoms with van der Waals surface area (Å²) in [5.41, 5.74) is 5.37. The van der Waals surface area contributed by atoms with Gasteiger partial charge in [-0.15, -0.1) is 0 Å². The number of rotatable bonds is 5. The number of carbonyl (C=O) groups excluding carboxylic acids is 1. The van der Waals surface area contributed by atoms with Crippen LogP contribution in [0.3, 0.4) is 0 Å². The highest BCUT2D eigenvalue weighted by atomic mass is 16.2. The molecule has 0 aromatic heterocycles. The zero-order valence-electron chi connectivity index (χ0n) is 8.54. The first-order valence-electron chi connectivity index (χ1n) is 5.51. The Kier molecular flexibility index (Phi) is 3.03. The average Bonchev–Trinajstić information content (AvgIpc) is 2.90. The van der Waals surface area contributed by atoms with E-state index in [1.807, 2.05) is 4.90 Å². The summed E-state index contributed by atoms with van der Waals surface area (Å²) in [6.45, 7) is 4.48. The maximum atomic E-state index is 11.5. The highest BCUT2D eigenvalue weighted by Crippen LogP contribution is 2.33. The fraction of sp³-hybridized carbons (Fsp3) is 0.900. The molecular formula is C10H19N3O. The second-order valence-electron chi connectivity index (χ2n) is 4.38. The summed E-state index contributed by atoms with van der Waals surface area (Å²) in [5, 5.41) is 3.28. The van der Waals surface area contributed by atoms with E-state index in [0.29, 0.717) is 24.3 Å². The van der Waals surface area contributed by atoms with Gasteiger partial charge in [-0.1, -0.05) is 0 Å². The molecule has 0 aromatic carbocycles. The van der Waals surface area contributed by atoms with Gasteiger partial charge in [-0.2, -0.15) is 0 Å². The van der Waals surface area contributed by atoms with Gasteiger partial charge in [0.1, 0.15) is 0 Å². The summed E-state index contributed by atoms with van der Waals surface area (Å²) in [6, 6.07) is 0. The third kappa shape index (κ3) is 2.25. The Morgan fingerprint density at radius 2 is 2.14 bits per heavy atom. The first-order chi connectivity index (χ1) is 6.81. The minimum Gasteiger partial charge on any atom is -0.342 e. The Hall–Kier alpha value is -0.610. The van der Waals surface area contributed by atoms with Crippen molar-refractivity contribution in [2.75, 3.05) is 32.7 Å². The Bertz CT molecular complexity index is 209. The molecule has 80 valence electrons. The Labute approximate surface area is 84.8 Å². The summed E-state index contributed by atoms with van der Waals surface area (Å²) in [5.74, 6) is 1.43. The standard InChI is InChI=1S/C10H19N3O/c11-3-4-12-5-8-6-13(7-8)10(14)9-1-2-9/h8-9,12H,1-7,11H2. The molecule has 14 heavy (non-hydrogen) atoms. The quantitative estimate of drug-likeness (QED) is 0.579. The van der Waals surface area contributed by atoms with Gasteiger partial charge in [0.2, 0.25) is 5.91 Å². The van der Waals surface area contributed by atoms with Crippen LogP contribution in [-0.2, 0) is 4.79 Å². The van der Waals surface area contributed by atoms with Crippen LogP contribution in [0.2, 0.25) is 0 Å². The minimum atomic E-state index is 0.382. The van der Waals surface area contributed by atoms with Crippen molar-refractivity contribution in [3.8, 4) is 0 Å². The Morgan fingerprint density at radius 1 is 1.43 bits per heavy atom. The Morgan fingerprint density at radius 3 is 2.71 bits per heavy atom. The van der Waals surface area contributed by atoms with Crippen molar-refractivity contribution in [2.24, 2.45) is 17.6 Å². The van der Waals surface area contributed by atoms with Crippen molar-refractivity contribution in [3.05, 3.63) is 0 Å². The molecule has 0 bridgehead atoms. The van der Waals surface area contributed by atoms with Crippen LogP contribution in [0.4, 0.5) is 0 Å². The van der Waals surface area contributed by atoms with Crippen LogP contribution in [0.15, 0.2) is 0 Å². The fourth-order valence-electron chi connectivity index (χ4n) is 1.88. The molecule has 0 atom stereocenters. The second kappa shape index (κ2) is 4.28. The van der Waals surface area contributed by atoms with E-state index in [9.17, 15) is 4.79 Å². The second-order valence-corrected chi connectivity index (χ2v) is 4.38. The topological polar surface area (TPSA) is 58.4 Å². The predicted octanol–water partition coefficient (Wildman–Crippen LogP) is -0.597. The third-order valence-corrected chi connectivity index (χ3v) is 2.95. The maximum absolute atomic E-state index is 11.5. The van der Waals surface area contributed by atoms with E-state index >= 15 is 0 Å². The van der Waals surface area contributed by atoms with Crippen molar-refractivity contribution in [2.45, 2.75) is 12.8 Å². The number of amides is 1. The molecule has 0 spiro atoms. The minimum absolute atomic E-state index is 0.382. The van der Waals surface area contributed by atoms with Gasteiger partial charge in [0.05, 0.1) is 0 Å². The van der Waals surface area contributed by atoms with Crippen LogP contribution in [0, 0.1) is 11.8 Å². The van der Waals surface area contributed by atoms with Gasteiger partial charge >= 0.3 is 0 Å². The van der Waals surface area contributed by atoms with Crippen LogP contribution >= 0.6 is 0 Å². The molecule has 1 amide bonds. The Balaban J connectivity index is 1.57. The van der Waals surface area contributed by atoms with Crippen LogP contribution in [0.25, 0.3) is 0 Å². The molecule has 0 radical (unpaired) electrons. The number of likely N-dealkylation sites (tertiary alicyclic amines) is 1. The van der Waals surface area contributed by atoms with Crippen molar-refractivity contribution < 1.29 is 4.79 Å². The predicted molar refractivity (Wildman–Crippen MR) is 54.7 cm³/mol. The largest absolute Gasteiger partial charge is 0.342 e. The normalized spacial score (nSPS) is 22.2. The third-order valence-electron chi connectivity index (χ3n) is 2.95. The van der Waals surface area contributed by atoms with E-state index in [1.165, 1.54) is 0 Å². The molecule has 0 unspecified atom stereocenters. The zero-order valence-corrected chi connectivity index (χ0v) is 8.54. The molecule has 3 N–H and O–H groups in total. The van der Waals surface area contributed by atoms with Crippen molar-refractivity contribution >= 4 is 5.91 Å². The molecule has 1 aliphatic heterocycles. The molecule has 4 heteroatoms. The van der Waals surface area contributed by atoms with Gasteiger partial charge in [0.15, 0.2) is 0 Å². The molecule has 1 saturated carbocycles. The zero-order chi connectivity index (χ0) is 9.97. The number of nitrogens with one attached hydrogen (secondary N) is 1. The van der Waals surface area contributed by atoms with E-state index in [4.69, 9.17) is 5.73 Å². The van der Waals surface area contributed by atoms with Crippen molar-refractivity contribution in [1.29, 1.82) is 0 Å². The number of nitrogens with zero attached hydrogens (tertiary/aromatic N) is 1. The molecule has 2 aliphatic rings. The maximum Gasteiger partial charge on any atom is 0.225 e. The van der Waals surface area contributed by atoms with Crippen molar-refractivity contribution in [1.82, 2.24) is 10.2 Å². The highest BCUT2D eigenvalue weighted by molar-refractivity contribution is 5.81. The molecule has 1 aliphatic carbocycles. The lowest BCUT2D eigenvalue weighted by Gasteiger charge is -2.39. The number of hydrogen-bond acceptors (Lipinski definition) is 3. The summed E-state index contributed by atoms with van der Waals surface area (Å²) in [7, 11) is 0. The lowest BCUT2D eigenvalue weighted by atomic mass is 9.99. The van der Waals surface area contributed by atoms with Gasteiger partial charge in [-0.05, 0) is 12.8 Å². The smallest absolute Gasteiger partial charge is 0.225 e. The van der Waals surface area contributed by atoms with E-state index in [-0.39, 0.29) is 0 Å². The van der Waals surface area contributed by atoms with Crippen LogP contribution in [-0.4, -0.2) is 43.5 Å². The SMILES string of the molecule is NCCNCC1CN(C(=O)C2CC2)C1. The van der Waals surface area contributed by atoms with Gasteiger partial charge in [-0.3, -0.25) is 4.79 Å². The summed E-state index contributed by atoms with van der Waals surface area (Å²) in [4.78, 5) is 13.5. The average molecular weight is 197 g/mol. The van der Waals surface area contributed by atoms with Gasteiger partial charge in [0, 0.05) is 44.6 Å². The van der Waals surface area contributed by atoms with Gasteiger partial charge < -0.3 is 16.0 Å². The van der Waals surface area contributed by atoms with Crippen molar-refractivity contribution in [3.63, 3.8) is 0 Å². The monoisotopic (exact) mass is 197 g/mol. The van der Waals surface area contributed by atoms with Gasteiger partial charge in [0.25, 0.3) is 0 Å². The lowest BCUT2D eigenvalue weighted by Crippen LogP contribution is -2.54. The van der Waals surface area contributed by atoms with Crippen LogP contribution in [0.1, 0.15) is 12.8 Å². The van der Waals surface area contributed by atoms with Gasteiger partial charge in [-0.25, -0.2) is 0 Å².